The molecule has 1 atom stereocenters. The van der Waals surface area contributed by atoms with E-state index in [0.717, 1.165) is 69.8 Å². The summed E-state index contributed by atoms with van der Waals surface area (Å²) in [7, 11) is 1.85. The number of nitrogens with zero attached hydrogens (tertiary/aromatic N) is 5. The maximum atomic E-state index is 6.25. The number of fused-ring (bicyclic) bond motifs is 2. The maximum absolute atomic E-state index is 6.25. The van der Waals surface area contributed by atoms with Gasteiger partial charge in [-0.2, -0.15) is 0 Å². The number of nitrogens with two attached hydrogens (primary N) is 1. The van der Waals surface area contributed by atoms with Crippen LogP contribution in [0, 0.1) is 0 Å². The highest BCUT2D eigenvalue weighted by Crippen LogP contribution is 2.37. The summed E-state index contributed by atoms with van der Waals surface area (Å²) in [6.45, 7) is 1.12. The van der Waals surface area contributed by atoms with E-state index in [4.69, 9.17) is 15.2 Å². The molecule has 3 N–H and O–H groups in total. The molecule has 6 rings (SSSR count). The molecule has 0 amide bonds. The molecule has 0 spiro atoms. The number of rotatable bonds is 6. The standard InChI is InChI=1S/C26H25N7O2/c1-28-23-7-5-17-4-6-19(10-21(17)32-23)35-14-16-9-18(12-29-11-16)33-13-20(22-3-2-8-34-22)24-25(27)30-15-31-26(24)33/h4-7,9-13,15,22H,2-3,8,14H2,1H3,(H,28,32)(H2,27,30,31). The summed E-state index contributed by atoms with van der Waals surface area (Å²) in [6, 6.07) is 11.9. The lowest BCUT2D eigenvalue weighted by atomic mass is 10.1. The number of pyridine rings is 2. The van der Waals surface area contributed by atoms with Gasteiger partial charge in [0, 0.05) is 48.6 Å². The molecule has 5 heterocycles. The SMILES string of the molecule is CNc1ccc2ccc(OCc3cncc(-n4cc(C5CCCO5)c5c(N)ncnc54)c3)cc2n1. The highest BCUT2D eigenvalue weighted by Gasteiger charge is 2.25. The van der Waals surface area contributed by atoms with E-state index < -0.39 is 0 Å². The molecule has 0 bridgehead atoms. The Morgan fingerprint density at radius 1 is 1.17 bits per heavy atom. The number of anilines is 2. The summed E-state index contributed by atoms with van der Waals surface area (Å²) in [6.07, 6.45) is 9.12. The lowest BCUT2D eigenvalue weighted by Gasteiger charge is -2.10. The minimum absolute atomic E-state index is 0.00328. The molecule has 9 heteroatoms. The van der Waals surface area contributed by atoms with Crippen LogP contribution >= 0.6 is 0 Å². The molecule has 176 valence electrons. The Kier molecular flexibility index (Phi) is 5.38. The zero-order valence-electron chi connectivity index (χ0n) is 19.3. The molecule has 1 aromatic carbocycles. The third kappa shape index (κ3) is 4.00. The van der Waals surface area contributed by atoms with Crippen molar-refractivity contribution in [1.29, 1.82) is 0 Å². The Morgan fingerprint density at radius 2 is 2.09 bits per heavy atom. The van der Waals surface area contributed by atoms with Crippen molar-refractivity contribution < 1.29 is 9.47 Å². The summed E-state index contributed by atoms with van der Waals surface area (Å²) in [4.78, 5) is 17.8. The van der Waals surface area contributed by atoms with Gasteiger partial charge in [-0.15, -0.1) is 0 Å². The first kappa shape index (κ1) is 21.3. The highest BCUT2D eigenvalue weighted by atomic mass is 16.5. The largest absolute Gasteiger partial charge is 0.489 e. The van der Waals surface area contributed by atoms with Crippen LogP contribution < -0.4 is 15.8 Å². The zero-order valence-corrected chi connectivity index (χ0v) is 19.3. The van der Waals surface area contributed by atoms with Crippen LogP contribution in [-0.4, -0.2) is 38.2 Å². The Hall–Kier alpha value is -4.24. The number of hydrogen-bond acceptors (Lipinski definition) is 8. The van der Waals surface area contributed by atoms with Gasteiger partial charge in [0.05, 0.1) is 28.9 Å². The second-order valence-corrected chi connectivity index (χ2v) is 8.55. The van der Waals surface area contributed by atoms with Crippen molar-refractivity contribution in [3.63, 3.8) is 0 Å². The van der Waals surface area contributed by atoms with Crippen LogP contribution in [0.4, 0.5) is 11.6 Å². The normalized spacial score (nSPS) is 15.6. The van der Waals surface area contributed by atoms with Gasteiger partial charge in [-0.1, -0.05) is 0 Å². The van der Waals surface area contributed by atoms with Gasteiger partial charge in [0.15, 0.2) is 0 Å². The molecule has 1 fully saturated rings. The van der Waals surface area contributed by atoms with Crippen LogP contribution in [0.25, 0.3) is 27.6 Å². The lowest BCUT2D eigenvalue weighted by Crippen LogP contribution is -2.01. The maximum Gasteiger partial charge on any atom is 0.150 e. The molecule has 1 aliphatic rings. The molecule has 35 heavy (non-hydrogen) atoms. The molecule has 0 saturated carbocycles. The lowest BCUT2D eigenvalue weighted by molar-refractivity contribution is 0.113. The first-order valence-corrected chi connectivity index (χ1v) is 11.6. The van der Waals surface area contributed by atoms with Crippen molar-refractivity contribution in [1.82, 2.24) is 24.5 Å². The summed E-state index contributed by atoms with van der Waals surface area (Å²) < 4.78 is 14.0. The Labute approximate surface area is 202 Å². The molecule has 0 radical (unpaired) electrons. The molecular formula is C26H25N7O2. The van der Waals surface area contributed by atoms with E-state index >= 15 is 0 Å². The van der Waals surface area contributed by atoms with Gasteiger partial charge in [0.25, 0.3) is 0 Å². The first-order chi connectivity index (χ1) is 17.2. The van der Waals surface area contributed by atoms with E-state index in [-0.39, 0.29) is 6.10 Å². The summed E-state index contributed by atoms with van der Waals surface area (Å²) >= 11 is 0. The number of aromatic nitrogens is 5. The number of hydrogen-bond donors (Lipinski definition) is 2. The van der Waals surface area contributed by atoms with E-state index in [0.29, 0.717) is 12.4 Å². The van der Waals surface area contributed by atoms with Crippen molar-refractivity contribution in [3.8, 4) is 11.4 Å². The van der Waals surface area contributed by atoms with E-state index in [1.807, 2.05) is 54.2 Å². The summed E-state index contributed by atoms with van der Waals surface area (Å²) in [5.74, 6) is 2.02. The van der Waals surface area contributed by atoms with E-state index in [9.17, 15) is 0 Å². The molecule has 9 nitrogen and oxygen atoms in total. The van der Waals surface area contributed by atoms with E-state index in [2.05, 4.69) is 25.3 Å². The van der Waals surface area contributed by atoms with Gasteiger partial charge >= 0.3 is 0 Å². The topological polar surface area (TPSA) is 113 Å². The third-order valence-corrected chi connectivity index (χ3v) is 6.30. The van der Waals surface area contributed by atoms with Crippen LogP contribution in [0.2, 0.25) is 0 Å². The summed E-state index contributed by atoms with van der Waals surface area (Å²) in [5, 5.41) is 4.96. The average molecular weight is 468 g/mol. The Bertz CT molecular complexity index is 1530. The molecule has 1 saturated heterocycles. The van der Waals surface area contributed by atoms with Gasteiger partial charge in [0.2, 0.25) is 0 Å². The fourth-order valence-corrected chi connectivity index (χ4v) is 4.55. The summed E-state index contributed by atoms with van der Waals surface area (Å²) in [5.41, 5.74) is 10.7. The second-order valence-electron chi connectivity index (χ2n) is 8.55. The van der Waals surface area contributed by atoms with E-state index in [1.54, 1.807) is 12.4 Å². The van der Waals surface area contributed by atoms with Crippen molar-refractivity contribution >= 4 is 33.6 Å². The van der Waals surface area contributed by atoms with Crippen molar-refractivity contribution in [2.45, 2.75) is 25.6 Å². The molecular weight excluding hydrogens is 442 g/mol. The van der Waals surface area contributed by atoms with Gasteiger partial charge in [-0.25, -0.2) is 15.0 Å². The third-order valence-electron chi connectivity index (χ3n) is 6.30. The van der Waals surface area contributed by atoms with Crippen LogP contribution in [0.5, 0.6) is 5.75 Å². The fraction of sp³-hybridized carbons (Fsp3) is 0.231. The average Bonchev–Trinajstić information content (AvgIpc) is 3.56. The molecule has 1 aliphatic heterocycles. The van der Waals surface area contributed by atoms with Gasteiger partial charge in [-0.3, -0.25) is 9.55 Å². The Morgan fingerprint density at radius 3 is 2.94 bits per heavy atom. The first-order valence-electron chi connectivity index (χ1n) is 11.6. The van der Waals surface area contributed by atoms with Crippen molar-refractivity contribution in [3.05, 3.63) is 72.4 Å². The molecule has 1 unspecified atom stereocenters. The quantitative estimate of drug-likeness (QED) is 0.377. The van der Waals surface area contributed by atoms with Crippen LogP contribution in [0.3, 0.4) is 0 Å². The number of ether oxygens (including phenoxy) is 2. The van der Waals surface area contributed by atoms with Gasteiger partial charge < -0.3 is 20.5 Å². The molecule has 0 aliphatic carbocycles. The van der Waals surface area contributed by atoms with Gasteiger partial charge in [0.1, 0.15) is 36.0 Å². The number of nitrogen functional groups attached to an aromatic ring is 1. The van der Waals surface area contributed by atoms with Crippen molar-refractivity contribution in [2.24, 2.45) is 0 Å². The van der Waals surface area contributed by atoms with Crippen LogP contribution in [-0.2, 0) is 11.3 Å². The van der Waals surface area contributed by atoms with Crippen molar-refractivity contribution in [2.75, 3.05) is 24.7 Å². The van der Waals surface area contributed by atoms with Crippen LogP contribution in [0.15, 0.2) is 61.3 Å². The van der Waals surface area contributed by atoms with E-state index in [1.165, 1.54) is 6.33 Å². The predicted octanol–water partition coefficient (Wildman–Crippen LogP) is 4.42. The number of nitrogens with one attached hydrogen (secondary N) is 1. The smallest absolute Gasteiger partial charge is 0.150 e. The highest BCUT2D eigenvalue weighted by molar-refractivity contribution is 5.91. The van der Waals surface area contributed by atoms with Crippen LogP contribution in [0.1, 0.15) is 30.1 Å². The minimum Gasteiger partial charge on any atom is -0.489 e. The molecule has 4 aromatic heterocycles. The molecule has 5 aromatic rings. The minimum atomic E-state index is -0.00328. The fourth-order valence-electron chi connectivity index (χ4n) is 4.55. The monoisotopic (exact) mass is 467 g/mol. The zero-order chi connectivity index (χ0) is 23.8. The second kappa shape index (κ2) is 8.84. The predicted molar refractivity (Wildman–Crippen MR) is 135 cm³/mol. The Balaban J connectivity index is 1.30. The number of benzene rings is 1. The van der Waals surface area contributed by atoms with Gasteiger partial charge in [-0.05, 0) is 43.2 Å².